The molecule has 0 aliphatic heterocycles. The summed E-state index contributed by atoms with van der Waals surface area (Å²) in [5.41, 5.74) is 1.81. The first kappa shape index (κ1) is 13.3. The second-order valence-corrected chi connectivity index (χ2v) is 5.56. The van der Waals surface area contributed by atoms with Crippen LogP contribution < -0.4 is 5.32 Å². The van der Waals surface area contributed by atoms with Gasteiger partial charge in [-0.15, -0.1) is 0 Å². The van der Waals surface area contributed by atoms with Crippen LogP contribution in [0.25, 0.3) is 11.0 Å². The number of hydrogen-bond donors (Lipinski definition) is 1. The minimum atomic E-state index is 0.114. The van der Waals surface area contributed by atoms with Crippen molar-refractivity contribution in [3.05, 3.63) is 58.5 Å². The van der Waals surface area contributed by atoms with Gasteiger partial charge in [-0.2, -0.15) is 10.2 Å². The van der Waals surface area contributed by atoms with Crippen molar-refractivity contribution in [2.45, 2.75) is 19.5 Å². The van der Waals surface area contributed by atoms with Crippen LogP contribution >= 0.6 is 15.9 Å². The average molecular weight is 332 g/mol. The third-order valence-corrected chi connectivity index (χ3v) is 3.63. The van der Waals surface area contributed by atoms with Gasteiger partial charge >= 0.3 is 0 Å². The van der Waals surface area contributed by atoms with Gasteiger partial charge in [-0.3, -0.25) is 0 Å². The Morgan fingerprint density at radius 1 is 1.30 bits per heavy atom. The van der Waals surface area contributed by atoms with Crippen LogP contribution in [-0.4, -0.2) is 10.2 Å². The summed E-state index contributed by atoms with van der Waals surface area (Å²) >= 11 is 3.47. The van der Waals surface area contributed by atoms with Crippen LogP contribution in [0.4, 0.5) is 0 Å². The van der Waals surface area contributed by atoms with Gasteiger partial charge in [0.2, 0.25) is 0 Å². The first-order valence-electron chi connectivity index (χ1n) is 6.41. The molecule has 3 aromatic rings. The van der Waals surface area contributed by atoms with E-state index in [0.29, 0.717) is 6.54 Å². The predicted octanol–water partition coefficient (Wildman–Crippen LogP) is 3.84. The number of hydrogen-bond acceptors (Lipinski definition) is 4. The first-order valence-corrected chi connectivity index (χ1v) is 7.20. The van der Waals surface area contributed by atoms with Crippen LogP contribution in [-0.2, 0) is 6.54 Å². The SMILES string of the molecule is CC(NCc1cccnn1)c1cc2cc(Br)ccc2o1. The molecule has 0 bridgehead atoms. The average Bonchev–Trinajstić information content (AvgIpc) is 2.89. The smallest absolute Gasteiger partial charge is 0.134 e. The molecule has 20 heavy (non-hydrogen) atoms. The number of halogens is 1. The van der Waals surface area contributed by atoms with Gasteiger partial charge in [0, 0.05) is 22.6 Å². The highest BCUT2D eigenvalue weighted by Crippen LogP contribution is 2.26. The minimum absolute atomic E-state index is 0.114. The molecule has 1 aromatic carbocycles. The lowest BCUT2D eigenvalue weighted by molar-refractivity contribution is 0.448. The van der Waals surface area contributed by atoms with Crippen molar-refractivity contribution in [3.8, 4) is 0 Å². The van der Waals surface area contributed by atoms with Crippen LogP contribution in [0.2, 0.25) is 0 Å². The van der Waals surface area contributed by atoms with Crippen molar-refractivity contribution in [2.24, 2.45) is 0 Å². The Hall–Kier alpha value is -1.72. The number of furan rings is 1. The van der Waals surface area contributed by atoms with Crippen molar-refractivity contribution in [3.63, 3.8) is 0 Å². The Kier molecular flexibility index (Phi) is 3.80. The minimum Gasteiger partial charge on any atom is -0.459 e. The number of aromatic nitrogens is 2. The van der Waals surface area contributed by atoms with Crippen LogP contribution in [0.1, 0.15) is 24.4 Å². The van der Waals surface area contributed by atoms with Crippen molar-refractivity contribution >= 4 is 26.9 Å². The van der Waals surface area contributed by atoms with E-state index in [4.69, 9.17) is 4.42 Å². The zero-order chi connectivity index (χ0) is 13.9. The molecule has 0 amide bonds. The molecule has 0 fully saturated rings. The number of nitrogens with zero attached hydrogens (tertiary/aromatic N) is 2. The van der Waals surface area contributed by atoms with Gasteiger partial charge in [0.15, 0.2) is 0 Å². The lowest BCUT2D eigenvalue weighted by Crippen LogP contribution is -2.18. The molecule has 2 aromatic heterocycles. The first-order chi connectivity index (χ1) is 9.72. The lowest BCUT2D eigenvalue weighted by Gasteiger charge is -2.10. The fourth-order valence-electron chi connectivity index (χ4n) is 2.03. The van der Waals surface area contributed by atoms with Crippen molar-refractivity contribution in [2.75, 3.05) is 0 Å². The van der Waals surface area contributed by atoms with Gasteiger partial charge in [0.05, 0.1) is 11.7 Å². The molecule has 2 heterocycles. The Labute approximate surface area is 125 Å². The standard InChI is InChI=1S/C15H14BrN3O/c1-10(17-9-13-3-2-6-18-19-13)15-8-11-7-12(16)4-5-14(11)20-15/h2-8,10,17H,9H2,1H3. The van der Waals surface area contributed by atoms with Gasteiger partial charge in [0.1, 0.15) is 11.3 Å². The third-order valence-electron chi connectivity index (χ3n) is 3.14. The van der Waals surface area contributed by atoms with Crippen LogP contribution in [0, 0.1) is 0 Å². The Bertz CT molecular complexity index is 711. The summed E-state index contributed by atoms with van der Waals surface area (Å²) in [6.07, 6.45) is 1.67. The predicted molar refractivity (Wildman–Crippen MR) is 81.2 cm³/mol. The quantitative estimate of drug-likeness (QED) is 0.789. The number of rotatable bonds is 4. The molecule has 3 rings (SSSR count). The van der Waals surface area contributed by atoms with Crippen molar-refractivity contribution in [1.82, 2.24) is 15.5 Å². The van der Waals surface area contributed by atoms with E-state index >= 15 is 0 Å². The van der Waals surface area contributed by atoms with E-state index in [9.17, 15) is 0 Å². The molecular weight excluding hydrogens is 318 g/mol. The molecule has 0 aliphatic rings. The summed E-state index contributed by atoms with van der Waals surface area (Å²) in [4.78, 5) is 0. The summed E-state index contributed by atoms with van der Waals surface area (Å²) in [5.74, 6) is 0.919. The fraction of sp³-hybridized carbons (Fsp3) is 0.200. The van der Waals surface area contributed by atoms with E-state index in [2.05, 4.69) is 50.5 Å². The second-order valence-electron chi connectivity index (χ2n) is 4.65. The number of nitrogens with one attached hydrogen (secondary N) is 1. The summed E-state index contributed by atoms with van der Waals surface area (Å²) in [6.45, 7) is 2.73. The zero-order valence-electron chi connectivity index (χ0n) is 11.0. The van der Waals surface area contributed by atoms with Gasteiger partial charge in [-0.25, -0.2) is 0 Å². The molecule has 1 unspecified atom stereocenters. The monoisotopic (exact) mass is 331 g/mol. The summed E-state index contributed by atoms with van der Waals surface area (Å²) in [6, 6.07) is 12.0. The molecule has 0 aliphatic carbocycles. The second kappa shape index (κ2) is 5.73. The molecule has 102 valence electrons. The largest absolute Gasteiger partial charge is 0.459 e. The topological polar surface area (TPSA) is 51.0 Å². The van der Waals surface area contributed by atoms with E-state index in [1.165, 1.54) is 0 Å². The third kappa shape index (κ3) is 2.89. The van der Waals surface area contributed by atoms with E-state index < -0.39 is 0 Å². The molecule has 1 atom stereocenters. The maximum atomic E-state index is 5.85. The van der Waals surface area contributed by atoms with E-state index in [-0.39, 0.29) is 6.04 Å². The Morgan fingerprint density at radius 3 is 3.00 bits per heavy atom. The van der Waals surface area contributed by atoms with Crippen LogP contribution in [0.3, 0.4) is 0 Å². The molecule has 4 nitrogen and oxygen atoms in total. The molecule has 5 heteroatoms. The number of benzene rings is 1. The molecule has 0 saturated heterocycles. The van der Waals surface area contributed by atoms with E-state index in [0.717, 1.165) is 26.9 Å². The van der Waals surface area contributed by atoms with Crippen molar-refractivity contribution in [1.29, 1.82) is 0 Å². The van der Waals surface area contributed by atoms with Gasteiger partial charge in [-0.05, 0) is 43.3 Å². The molecule has 0 radical (unpaired) electrons. The zero-order valence-corrected chi connectivity index (χ0v) is 12.6. The van der Waals surface area contributed by atoms with Gasteiger partial charge in [-0.1, -0.05) is 15.9 Å². The maximum Gasteiger partial charge on any atom is 0.134 e. The highest BCUT2D eigenvalue weighted by atomic mass is 79.9. The lowest BCUT2D eigenvalue weighted by atomic mass is 10.2. The number of fused-ring (bicyclic) bond motifs is 1. The maximum absolute atomic E-state index is 5.85. The van der Waals surface area contributed by atoms with Crippen molar-refractivity contribution < 1.29 is 4.42 Å². The van der Waals surface area contributed by atoms with Crippen LogP contribution in [0.15, 0.2) is 51.5 Å². The van der Waals surface area contributed by atoms with Crippen LogP contribution in [0.5, 0.6) is 0 Å². The van der Waals surface area contributed by atoms with E-state index in [1.54, 1.807) is 6.20 Å². The van der Waals surface area contributed by atoms with Gasteiger partial charge < -0.3 is 9.73 Å². The normalized spacial score (nSPS) is 12.7. The fourth-order valence-corrected chi connectivity index (χ4v) is 2.41. The molecule has 1 N–H and O–H groups in total. The van der Waals surface area contributed by atoms with Gasteiger partial charge in [0.25, 0.3) is 0 Å². The Morgan fingerprint density at radius 2 is 2.20 bits per heavy atom. The highest BCUT2D eigenvalue weighted by molar-refractivity contribution is 9.10. The molecule has 0 spiro atoms. The molecular formula is C15H14BrN3O. The summed E-state index contributed by atoms with van der Waals surface area (Å²) in [7, 11) is 0. The summed E-state index contributed by atoms with van der Waals surface area (Å²) < 4.78 is 6.91. The van der Waals surface area contributed by atoms with E-state index in [1.807, 2.05) is 24.3 Å². The highest BCUT2D eigenvalue weighted by Gasteiger charge is 2.11. The Balaban J connectivity index is 1.73. The molecule has 0 saturated carbocycles. The summed E-state index contributed by atoms with van der Waals surface area (Å²) in [5, 5.41) is 12.4.